The van der Waals surface area contributed by atoms with Crippen molar-refractivity contribution in [2.24, 2.45) is 7.05 Å². The Balaban J connectivity index is 1.64. The first kappa shape index (κ1) is 20.3. The van der Waals surface area contributed by atoms with Crippen molar-refractivity contribution < 1.29 is 9.53 Å². The number of hydrogen-bond acceptors (Lipinski definition) is 5. The summed E-state index contributed by atoms with van der Waals surface area (Å²) in [5, 5.41) is 7.33. The van der Waals surface area contributed by atoms with E-state index in [1.54, 1.807) is 31.6 Å². The summed E-state index contributed by atoms with van der Waals surface area (Å²) in [7, 11) is 3.50. The van der Waals surface area contributed by atoms with Gasteiger partial charge in [-0.25, -0.2) is 0 Å². The van der Waals surface area contributed by atoms with Gasteiger partial charge in [-0.15, -0.1) is 0 Å². The SMILES string of the molecule is COc1cccc(-c2cc3n(C)c(C)c(CCC(=O)Nc4cccnc4)c(=O)n3n2)c1. The van der Waals surface area contributed by atoms with Gasteiger partial charge in [-0.3, -0.25) is 14.6 Å². The zero-order chi connectivity index (χ0) is 22.0. The molecule has 0 bridgehead atoms. The number of aromatic nitrogens is 4. The van der Waals surface area contributed by atoms with Crippen molar-refractivity contribution in [3.05, 3.63) is 76.5 Å². The Labute approximate surface area is 179 Å². The van der Waals surface area contributed by atoms with Crippen molar-refractivity contribution in [1.82, 2.24) is 19.2 Å². The van der Waals surface area contributed by atoms with Crippen molar-refractivity contribution in [3.8, 4) is 17.0 Å². The van der Waals surface area contributed by atoms with E-state index in [0.717, 1.165) is 17.0 Å². The van der Waals surface area contributed by atoms with Crippen LogP contribution < -0.4 is 15.6 Å². The monoisotopic (exact) mass is 417 g/mol. The number of carbonyl (C=O) groups excluding carboxylic acids is 1. The van der Waals surface area contributed by atoms with Crippen LogP contribution in [0.3, 0.4) is 0 Å². The molecule has 0 unspecified atom stereocenters. The normalized spacial score (nSPS) is 10.9. The number of pyridine rings is 1. The molecule has 3 aromatic heterocycles. The molecule has 1 amide bonds. The predicted octanol–water partition coefficient (Wildman–Crippen LogP) is 2.98. The van der Waals surface area contributed by atoms with Gasteiger partial charge in [0.15, 0.2) is 0 Å². The Morgan fingerprint density at radius 1 is 1.19 bits per heavy atom. The molecule has 4 rings (SSSR count). The van der Waals surface area contributed by atoms with Crippen LogP contribution in [0.4, 0.5) is 5.69 Å². The van der Waals surface area contributed by atoms with Crippen LogP contribution in [0.15, 0.2) is 59.7 Å². The first-order valence-electron chi connectivity index (χ1n) is 9.90. The number of rotatable bonds is 6. The largest absolute Gasteiger partial charge is 0.497 e. The number of nitrogens with one attached hydrogen (secondary N) is 1. The van der Waals surface area contributed by atoms with Crippen molar-refractivity contribution in [2.75, 3.05) is 12.4 Å². The van der Waals surface area contributed by atoms with Gasteiger partial charge in [0.1, 0.15) is 11.4 Å². The van der Waals surface area contributed by atoms with Crippen LogP contribution in [0.5, 0.6) is 5.75 Å². The highest BCUT2D eigenvalue weighted by molar-refractivity contribution is 5.90. The maximum atomic E-state index is 13.2. The average molecular weight is 417 g/mol. The quantitative estimate of drug-likeness (QED) is 0.521. The third kappa shape index (κ3) is 4.05. The van der Waals surface area contributed by atoms with E-state index in [4.69, 9.17) is 4.74 Å². The molecular weight excluding hydrogens is 394 g/mol. The van der Waals surface area contributed by atoms with Gasteiger partial charge in [-0.2, -0.15) is 9.61 Å². The van der Waals surface area contributed by atoms with E-state index >= 15 is 0 Å². The second kappa shape index (κ2) is 8.43. The van der Waals surface area contributed by atoms with Gasteiger partial charge in [-0.05, 0) is 37.6 Å². The van der Waals surface area contributed by atoms with Crippen LogP contribution in [0.2, 0.25) is 0 Å². The fraction of sp³-hybridized carbons (Fsp3) is 0.217. The topological polar surface area (TPSA) is 90.5 Å². The zero-order valence-electron chi connectivity index (χ0n) is 17.6. The van der Waals surface area contributed by atoms with E-state index in [-0.39, 0.29) is 17.9 Å². The first-order chi connectivity index (χ1) is 15.0. The fourth-order valence-electron chi connectivity index (χ4n) is 3.53. The molecule has 1 aromatic carbocycles. The lowest BCUT2D eigenvalue weighted by molar-refractivity contribution is -0.116. The van der Waals surface area contributed by atoms with Gasteiger partial charge in [0.25, 0.3) is 5.56 Å². The van der Waals surface area contributed by atoms with Crippen LogP contribution in [-0.2, 0) is 18.3 Å². The first-order valence-corrected chi connectivity index (χ1v) is 9.90. The van der Waals surface area contributed by atoms with Gasteiger partial charge >= 0.3 is 0 Å². The van der Waals surface area contributed by atoms with Gasteiger partial charge in [0.2, 0.25) is 5.91 Å². The minimum absolute atomic E-state index is 0.174. The lowest BCUT2D eigenvalue weighted by Crippen LogP contribution is -2.26. The summed E-state index contributed by atoms with van der Waals surface area (Å²) in [5.41, 5.74) is 4.01. The number of ether oxygens (including phenoxy) is 1. The predicted molar refractivity (Wildman–Crippen MR) is 118 cm³/mol. The van der Waals surface area contributed by atoms with Crippen LogP contribution in [0.1, 0.15) is 17.7 Å². The molecule has 0 saturated carbocycles. The summed E-state index contributed by atoms with van der Waals surface area (Å²) in [6, 6.07) is 12.9. The molecule has 4 aromatic rings. The minimum atomic E-state index is -0.214. The molecule has 0 aliphatic rings. The van der Waals surface area contributed by atoms with E-state index in [9.17, 15) is 9.59 Å². The molecule has 8 nitrogen and oxygen atoms in total. The molecule has 0 radical (unpaired) electrons. The highest BCUT2D eigenvalue weighted by Gasteiger charge is 2.17. The number of anilines is 1. The van der Waals surface area contributed by atoms with Gasteiger partial charge in [0.05, 0.1) is 24.7 Å². The molecule has 8 heteroatoms. The molecule has 0 atom stereocenters. The summed E-state index contributed by atoms with van der Waals surface area (Å²) in [4.78, 5) is 29.5. The standard InChI is InChI=1S/C23H23N5O3/c1-15-19(9-10-21(29)25-17-7-5-11-24-14-17)23(30)28-22(27(15)2)13-20(26-28)16-6-4-8-18(12-16)31-3/h4-8,11-14H,9-10H2,1-3H3,(H,25,29). The molecule has 1 N–H and O–H groups in total. The Morgan fingerprint density at radius 3 is 2.77 bits per heavy atom. The van der Waals surface area contributed by atoms with E-state index in [1.165, 1.54) is 4.52 Å². The Hall–Kier alpha value is -3.94. The summed E-state index contributed by atoms with van der Waals surface area (Å²) in [5.74, 6) is 0.546. The number of benzene rings is 1. The summed E-state index contributed by atoms with van der Waals surface area (Å²) < 4.78 is 8.61. The van der Waals surface area contributed by atoms with Crippen LogP contribution in [0.25, 0.3) is 16.9 Å². The second-order valence-electron chi connectivity index (χ2n) is 7.25. The third-order valence-electron chi connectivity index (χ3n) is 5.34. The molecule has 0 fully saturated rings. The number of amides is 1. The van der Waals surface area contributed by atoms with E-state index in [1.807, 2.05) is 48.9 Å². The molecule has 158 valence electrons. The number of methoxy groups -OCH3 is 1. The van der Waals surface area contributed by atoms with Crippen LogP contribution >= 0.6 is 0 Å². The number of fused-ring (bicyclic) bond motifs is 1. The van der Waals surface area contributed by atoms with E-state index in [2.05, 4.69) is 15.4 Å². The Morgan fingerprint density at radius 2 is 2.03 bits per heavy atom. The van der Waals surface area contributed by atoms with Gasteiger partial charge in [0, 0.05) is 42.6 Å². The van der Waals surface area contributed by atoms with E-state index in [0.29, 0.717) is 29.0 Å². The number of nitrogens with zero attached hydrogens (tertiary/aromatic N) is 4. The highest BCUT2D eigenvalue weighted by Crippen LogP contribution is 2.24. The highest BCUT2D eigenvalue weighted by atomic mass is 16.5. The summed E-state index contributed by atoms with van der Waals surface area (Å²) in [6.07, 6.45) is 3.72. The molecule has 0 aliphatic carbocycles. The number of carbonyl (C=O) groups is 1. The molecule has 3 heterocycles. The molecule has 0 saturated heterocycles. The lowest BCUT2D eigenvalue weighted by Gasteiger charge is -2.12. The fourth-order valence-corrected chi connectivity index (χ4v) is 3.53. The molecule has 0 aliphatic heterocycles. The second-order valence-corrected chi connectivity index (χ2v) is 7.25. The third-order valence-corrected chi connectivity index (χ3v) is 5.34. The van der Waals surface area contributed by atoms with Gasteiger partial charge < -0.3 is 14.6 Å². The number of aryl methyl sites for hydroxylation is 1. The average Bonchev–Trinajstić information content (AvgIpc) is 3.24. The summed E-state index contributed by atoms with van der Waals surface area (Å²) in [6.45, 7) is 1.88. The maximum Gasteiger partial charge on any atom is 0.277 e. The van der Waals surface area contributed by atoms with Crippen LogP contribution in [0, 0.1) is 6.92 Å². The molecule has 0 spiro atoms. The smallest absolute Gasteiger partial charge is 0.277 e. The number of hydrogen-bond donors (Lipinski definition) is 1. The Bertz CT molecular complexity index is 1310. The van der Waals surface area contributed by atoms with Crippen LogP contribution in [-0.4, -0.2) is 32.2 Å². The van der Waals surface area contributed by atoms with Crippen molar-refractivity contribution in [1.29, 1.82) is 0 Å². The maximum absolute atomic E-state index is 13.2. The molecular formula is C23H23N5O3. The minimum Gasteiger partial charge on any atom is -0.497 e. The van der Waals surface area contributed by atoms with Crippen molar-refractivity contribution in [2.45, 2.75) is 19.8 Å². The summed E-state index contributed by atoms with van der Waals surface area (Å²) >= 11 is 0. The zero-order valence-corrected chi connectivity index (χ0v) is 17.6. The van der Waals surface area contributed by atoms with Crippen molar-refractivity contribution >= 4 is 17.2 Å². The Kier molecular flexibility index (Phi) is 5.53. The van der Waals surface area contributed by atoms with Crippen molar-refractivity contribution in [3.63, 3.8) is 0 Å². The molecule has 31 heavy (non-hydrogen) atoms. The van der Waals surface area contributed by atoms with Gasteiger partial charge in [-0.1, -0.05) is 12.1 Å². The van der Waals surface area contributed by atoms with E-state index < -0.39 is 0 Å². The lowest BCUT2D eigenvalue weighted by atomic mass is 10.1.